The molecule has 0 saturated heterocycles. The topological polar surface area (TPSA) is 144 Å². The Balaban J connectivity index is 4.27. The van der Waals surface area contributed by atoms with Gasteiger partial charge in [0.15, 0.2) is 0 Å². The summed E-state index contributed by atoms with van der Waals surface area (Å²) in [7, 11) is 0. The monoisotopic (exact) mass is 414 g/mol. The van der Waals surface area contributed by atoms with E-state index in [-0.39, 0.29) is 12.8 Å². The molecular formula is C20H34N2O7. The van der Waals surface area contributed by atoms with Crippen LogP contribution in [0.25, 0.3) is 0 Å². The van der Waals surface area contributed by atoms with E-state index in [9.17, 15) is 35.2 Å². The number of allylic oxidation sites excluding steroid dienone is 2. The van der Waals surface area contributed by atoms with E-state index in [2.05, 4.69) is 0 Å². The van der Waals surface area contributed by atoms with E-state index in [4.69, 9.17) is 0 Å². The maximum Gasteiger partial charge on any atom is 0.241 e. The lowest BCUT2D eigenvalue weighted by atomic mass is 10.0. The van der Waals surface area contributed by atoms with Crippen molar-refractivity contribution in [2.24, 2.45) is 0 Å². The number of aliphatic hydroxyl groups excluding tert-OH is 2. The van der Waals surface area contributed by atoms with Crippen LogP contribution in [-0.4, -0.2) is 50.6 Å². The molecule has 9 heteroatoms. The summed E-state index contributed by atoms with van der Waals surface area (Å²) in [5.41, 5.74) is 0. The van der Waals surface area contributed by atoms with Gasteiger partial charge in [-0.25, -0.2) is 0 Å². The van der Waals surface area contributed by atoms with Gasteiger partial charge in [0.25, 0.3) is 0 Å². The van der Waals surface area contributed by atoms with Gasteiger partial charge >= 0.3 is 0 Å². The van der Waals surface area contributed by atoms with Gasteiger partial charge in [0, 0.05) is 29.1 Å². The Kier molecular flexibility index (Phi) is 15.6. The van der Waals surface area contributed by atoms with E-state index < -0.39 is 34.1 Å². The number of unbranched alkanes of at least 4 members (excludes halogenated alkanes) is 4. The van der Waals surface area contributed by atoms with Crippen LogP contribution in [0.2, 0.25) is 0 Å². The smallest absolute Gasteiger partial charge is 0.241 e. The molecule has 4 unspecified atom stereocenters. The second-order valence-electron chi connectivity index (χ2n) is 7.06. The molecule has 0 aliphatic carbocycles. The van der Waals surface area contributed by atoms with Gasteiger partial charge in [0.2, 0.25) is 12.1 Å². The zero-order valence-electron chi connectivity index (χ0n) is 17.1. The van der Waals surface area contributed by atoms with Crippen molar-refractivity contribution in [3.8, 4) is 0 Å². The molecule has 2 N–H and O–H groups in total. The zero-order chi connectivity index (χ0) is 22.1. The third-order valence-electron chi connectivity index (χ3n) is 4.78. The molecule has 0 bridgehead atoms. The minimum atomic E-state index is -1.07. The maximum absolute atomic E-state index is 11.2. The van der Waals surface area contributed by atoms with Gasteiger partial charge < -0.3 is 15.0 Å². The summed E-state index contributed by atoms with van der Waals surface area (Å²) in [4.78, 5) is 31.4. The van der Waals surface area contributed by atoms with Crippen molar-refractivity contribution in [3.05, 3.63) is 44.5 Å². The average Bonchev–Trinajstić information content (AvgIpc) is 2.68. The maximum atomic E-state index is 11.2. The molecule has 0 fully saturated rings. The Labute approximate surface area is 171 Å². The Hall–Kier alpha value is -2.13. The van der Waals surface area contributed by atoms with Gasteiger partial charge in [-0.3, -0.25) is 20.2 Å². The number of nitro groups is 2. The summed E-state index contributed by atoms with van der Waals surface area (Å²) in [5.74, 6) is 0. The summed E-state index contributed by atoms with van der Waals surface area (Å²) in [6.45, 7) is 1.68. The molecule has 166 valence electrons. The second-order valence-corrected chi connectivity index (χ2v) is 7.06. The number of aliphatic hydroxyl groups is 2. The number of rotatable bonds is 18. The number of nitrogens with zero attached hydrogens (tertiary/aromatic N) is 2. The fourth-order valence-corrected chi connectivity index (χ4v) is 2.91. The average molecular weight is 414 g/mol. The van der Waals surface area contributed by atoms with Gasteiger partial charge in [-0.2, -0.15) is 0 Å². The lowest BCUT2D eigenvalue weighted by molar-refractivity contribution is -0.533. The minimum Gasteiger partial charge on any atom is -0.386 e. The van der Waals surface area contributed by atoms with E-state index in [0.717, 1.165) is 25.5 Å². The highest BCUT2D eigenvalue weighted by Crippen LogP contribution is 2.14. The molecule has 29 heavy (non-hydrogen) atoms. The molecule has 0 aromatic carbocycles. The van der Waals surface area contributed by atoms with Crippen LogP contribution in [0.15, 0.2) is 24.3 Å². The normalized spacial score (nSPS) is 16.0. The summed E-state index contributed by atoms with van der Waals surface area (Å²) < 4.78 is 0. The Morgan fingerprint density at radius 2 is 1.34 bits per heavy atom. The van der Waals surface area contributed by atoms with Crippen LogP contribution in [0.5, 0.6) is 0 Å². The van der Waals surface area contributed by atoms with E-state index in [1.165, 1.54) is 0 Å². The van der Waals surface area contributed by atoms with Crippen LogP contribution in [-0.2, 0) is 4.79 Å². The Bertz CT molecular complexity index is 537. The third-order valence-corrected chi connectivity index (χ3v) is 4.78. The van der Waals surface area contributed by atoms with E-state index in [0.29, 0.717) is 32.1 Å². The molecule has 9 nitrogen and oxygen atoms in total. The molecule has 4 atom stereocenters. The second kappa shape index (κ2) is 16.8. The van der Waals surface area contributed by atoms with Crippen molar-refractivity contribution >= 4 is 6.29 Å². The van der Waals surface area contributed by atoms with Crippen molar-refractivity contribution in [2.75, 3.05) is 0 Å². The van der Waals surface area contributed by atoms with Crippen molar-refractivity contribution in [1.82, 2.24) is 0 Å². The molecule has 0 aliphatic rings. The molecule has 0 spiro atoms. The first-order valence-corrected chi connectivity index (χ1v) is 10.2. The van der Waals surface area contributed by atoms with Crippen molar-refractivity contribution in [1.29, 1.82) is 0 Å². The van der Waals surface area contributed by atoms with Crippen LogP contribution in [0.4, 0.5) is 0 Å². The van der Waals surface area contributed by atoms with Crippen molar-refractivity contribution in [3.63, 3.8) is 0 Å². The largest absolute Gasteiger partial charge is 0.386 e. The predicted octanol–water partition coefficient (Wildman–Crippen LogP) is 3.23. The molecular weight excluding hydrogens is 380 g/mol. The molecule has 0 saturated carbocycles. The number of carbonyl (C=O) groups is 1. The molecule has 0 aliphatic heterocycles. The molecule has 0 aromatic rings. The third kappa shape index (κ3) is 12.8. The fourth-order valence-electron chi connectivity index (χ4n) is 2.91. The van der Waals surface area contributed by atoms with E-state index in [1.807, 2.05) is 0 Å². The molecule has 0 rings (SSSR count). The Morgan fingerprint density at radius 1 is 0.828 bits per heavy atom. The summed E-state index contributed by atoms with van der Waals surface area (Å²) >= 11 is 0. The van der Waals surface area contributed by atoms with E-state index in [1.54, 1.807) is 31.2 Å². The first kappa shape index (κ1) is 26.9. The lowest BCUT2D eigenvalue weighted by Crippen LogP contribution is -2.33. The van der Waals surface area contributed by atoms with Gasteiger partial charge in [-0.05, 0) is 25.7 Å². The number of hydrogen-bond acceptors (Lipinski definition) is 7. The summed E-state index contributed by atoms with van der Waals surface area (Å²) in [6, 6.07) is -2.10. The van der Waals surface area contributed by atoms with E-state index >= 15 is 0 Å². The number of aldehydes is 1. The molecule has 0 heterocycles. The number of carbonyl (C=O) groups excluding carboxylic acids is 1. The van der Waals surface area contributed by atoms with Crippen LogP contribution in [0, 0.1) is 20.2 Å². The lowest BCUT2D eigenvalue weighted by Gasteiger charge is -2.14. The molecule has 0 amide bonds. The van der Waals surface area contributed by atoms with Crippen LogP contribution in [0.3, 0.4) is 0 Å². The van der Waals surface area contributed by atoms with Gasteiger partial charge in [-0.1, -0.05) is 50.5 Å². The molecule has 0 radical (unpaired) electrons. The summed E-state index contributed by atoms with van der Waals surface area (Å²) in [5, 5.41) is 41.8. The van der Waals surface area contributed by atoms with Gasteiger partial charge in [0.1, 0.15) is 18.5 Å². The minimum absolute atomic E-state index is 0.110. The van der Waals surface area contributed by atoms with Gasteiger partial charge in [-0.15, -0.1) is 0 Å². The quantitative estimate of drug-likeness (QED) is 0.115. The highest BCUT2D eigenvalue weighted by Gasteiger charge is 2.28. The van der Waals surface area contributed by atoms with Crippen LogP contribution < -0.4 is 0 Å². The van der Waals surface area contributed by atoms with Crippen LogP contribution >= 0.6 is 0 Å². The number of hydrogen-bond donors (Lipinski definition) is 2. The van der Waals surface area contributed by atoms with Crippen molar-refractivity contribution < 1.29 is 24.9 Å². The Morgan fingerprint density at radius 3 is 1.83 bits per heavy atom. The predicted molar refractivity (Wildman–Crippen MR) is 110 cm³/mol. The highest BCUT2D eigenvalue weighted by molar-refractivity contribution is 5.48. The van der Waals surface area contributed by atoms with Gasteiger partial charge in [0.05, 0.1) is 0 Å². The van der Waals surface area contributed by atoms with Crippen molar-refractivity contribution in [2.45, 2.75) is 95.4 Å². The molecule has 0 aromatic heterocycles. The highest BCUT2D eigenvalue weighted by atomic mass is 16.6. The first-order chi connectivity index (χ1) is 13.8. The fraction of sp³-hybridized carbons (Fsp3) is 0.750. The zero-order valence-corrected chi connectivity index (χ0v) is 17.1. The standard InChI is InChI=1S/C20H34N2O7/c1-2-19(24)17(21(26)27)13-9-5-3-6-10-14-18(22(28)29)20(25)15-11-7-4-8-12-16-23/h5-6,9-10,16-20,24-25H,2-4,7-8,11-15H2,1H3/b9-5-,10-6-. The SMILES string of the molecule is CCC(O)C(C/C=C\C/C=C\CC(C(O)CCCCCCC=O)[N+](=O)[O-])[N+](=O)[O-]. The van der Waals surface area contributed by atoms with Crippen LogP contribution in [0.1, 0.15) is 71.1 Å². The summed E-state index contributed by atoms with van der Waals surface area (Å²) in [6.07, 6.45) is 10.6. The first-order valence-electron chi connectivity index (χ1n) is 10.2.